The monoisotopic (exact) mass is 320 g/mol. The summed E-state index contributed by atoms with van der Waals surface area (Å²) in [6.07, 6.45) is 2.61. The summed E-state index contributed by atoms with van der Waals surface area (Å²) in [4.78, 5) is 7.07. The maximum absolute atomic E-state index is 12.9. The fraction of sp³-hybridized carbons (Fsp3) is 0.611. The molecule has 1 fully saturated rings. The van der Waals surface area contributed by atoms with Gasteiger partial charge in [0.05, 0.1) is 6.54 Å². The average Bonchev–Trinajstić information content (AvgIpc) is 2.56. The Balaban J connectivity index is 1.76. The first-order chi connectivity index (χ1) is 11.2. The predicted octanol–water partition coefficient (Wildman–Crippen LogP) is 2.61. The summed E-state index contributed by atoms with van der Waals surface area (Å²) in [6.45, 7) is 10.1. The summed E-state index contributed by atoms with van der Waals surface area (Å²) in [6, 6.07) is 6.50. The minimum atomic E-state index is -0.210. The molecule has 4 nitrogen and oxygen atoms in total. The van der Waals surface area contributed by atoms with Crippen LogP contribution < -0.4 is 10.6 Å². The first-order valence-corrected chi connectivity index (χ1v) is 8.66. The van der Waals surface area contributed by atoms with Gasteiger partial charge in [0.15, 0.2) is 5.96 Å². The van der Waals surface area contributed by atoms with Gasteiger partial charge in [0.1, 0.15) is 5.82 Å². The number of nitrogens with zero attached hydrogens (tertiary/aromatic N) is 2. The first-order valence-electron chi connectivity index (χ1n) is 8.66. The van der Waals surface area contributed by atoms with Crippen LogP contribution in [0.15, 0.2) is 29.3 Å². The van der Waals surface area contributed by atoms with Crippen molar-refractivity contribution in [3.8, 4) is 0 Å². The van der Waals surface area contributed by atoms with E-state index in [0.717, 1.165) is 37.1 Å². The van der Waals surface area contributed by atoms with Gasteiger partial charge in [0.2, 0.25) is 0 Å². The Morgan fingerprint density at radius 2 is 1.91 bits per heavy atom. The van der Waals surface area contributed by atoms with Gasteiger partial charge in [-0.3, -0.25) is 0 Å². The molecular weight excluding hydrogens is 291 g/mol. The van der Waals surface area contributed by atoms with Crippen LogP contribution in [0.5, 0.6) is 0 Å². The maximum Gasteiger partial charge on any atom is 0.191 e. The Morgan fingerprint density at radius 1 is 1.22 bits per heavy atom. The van der Waals surface area contributed by atoms with E-state index in [1.165, 1.54) is 38.1 Å². The summed E-state index contributed by atoms with van der Waals surface area (Å²) < 4.78 is 12.9. The van der Waals surface area contributed by atoms with E-state index in [1.807, 2.05) is 0 Å². The summed E-state index contributed by atoms with van der Waals surface area (Å²) in [7, 11) is 0. The normalized spacial score (nSPS) is 17.3. The molecule has 0 aliphatic carbocycles. The molecule has 2 N–H and O–H groups in total. The molecule has 23 heavy (non-hydrogen) atoms. The average molecular weight is 320 g/mol. The van der Waals surface area contributed by atoms with Gasteiger partial charge in [0, 0.05) is 19.6 Å². The molecule has 1 aliphatic rings. The van der Waals surface area contributed by atoms with Gasteiger partial charge < -0.3 is 15.5 Å². The fourth-order valence-corrected chi connectivity index (χ4v) is 2.72. The second-order valence-corrected chi connectivity index (χ2v) is 6.27. The molecule has 0 aromatic heterocycles. The molecule has 0 spiro atoms. The highest BCUT2D eigenvalue weighted by atomic mass is 19.1. The number of guanidine groups is 1. The SMILES string of the molecule is CCNC(=NCc1ccc(F)cc1)NCCN1CCC(C)CC1. The van der Waals surface area contributed by atoms with E-state index in [0.29, 0.717) is 6.54 Å². The molecule has 1 aromatic rings. The second kappa shape index (κ2) is 9.50. The Morgan fingerprint density at radius 3 is 2.57 bits per heavy atom. The van der Waals surface area contributed by atoms with Crippen molar-refractivity contribution in [3.63, 3.8) is 0 Å². The Hall–Kier alpha value is -1.62. The van der Waals surface area contributed by atoms with E-state index in [1.54, 1.807) is 12.1 Å². The summed E-state index contributed by atoms with van der Waals surface area (Å²) >= 11 is 0. The highest BCUT2D eigenvalue weighted by Gasteiger charge is 2.14. The summed E-state index contributed by atoms with van der Waals surface area (Å²) in [5.74, 6) is 1.48. The van der Waals surface area contributed by atoms with E-state index in [9.17, 15) is 4.39 Å². The zero-order valence-electron chi connectivity index (χ0n) is 14.3. The van der Waals surface area contributed by atoms with Gasteiger partial charge >= 0.3 is 0 Å². The van der Waals surface area contributed by atoms with Crippen molar-refractivity contribution in [1.82, 2.24) is 15.5 Å². The molecule has 0 atom stereocenters. The van der Waals surface area contributed by atoms with Crippen molar-refractivity contribution in [2.75, 3.05) is 32.7 Å². The molecule has 0 saturated carbocycles. The minimum Gasteiger partial charge on any atom is -0.357 e. The third-order valence-electron chi connectivity index (χ3n) is 4.27. The van der Waals surface area contributed by atoms with Crippen molar-refractivity contribution in [2.45, 2.75) is 33.2 Å². The number of rotatable bonds is 6. The number of halogens is 1. The molecule has 1 aliphatic heterocycles. The van der Waals surface area contributed by atoms with E-state index in [-0.39, 0.29) is 5.82 Å². The van der Waals surface area contributed by atoms with Crippen LogP contribution in [0.25, 0.3) is 0 Å². The lowest BCUT2D eigenvalue weighted by molar-refractivity contribution is 0.195. The fourth-order valence-electron chi connectivity index (χ4n) is 2.72. The quantitative estimate of drug-likeness (QED) is 0.625. The van der Waals surface area contributed by atoms with Crippen LogP contribution in [0.1, 0.15) is 32.3 Å². The van der Waals surface area contributed by atoms with Crippen LogP contribution in [0.3, 0.4) is 0 Å². The van der Waals surface area contributed by atoms with Crippen LogP contribution >= 0.6 is 0 Å². The van der Waals surface area contributed by atoms with Crippen LogP contribution in [0.2, 0.25) is 0 Å². The van der Waals surface area contributed by atoms with E-state index in [4.69, 9.17) is 0 Å². The zero-order valence-corrected chi connectivity index (χ0v) is 14.3. The third kappa shape index (κ3) is 6.57. The number of piperidine rings is 1. The molecule has 0 bridgehead atoms. The van der Waals surface area contributed by atoms with Crippen molar-refractivity contribution in [2.24, 2.45) is 10.9 Å². The van der Waals surface area contributed by atoms with Gasteiger partial charge in [-0.2, -0.15) is 0 Å². The molecular formula is C18H29FN4. The van der Waals surface area contributed by atoms with Crippen molar-refractivity contribution in [3.05, 3.63) is 35.6 Å². The van der Waals surface area contributed by atoms with Crippen molar-refractivity contribution < 1.29 is 4.39 Å². The Labute approximate surface area is 139 Å². The van der Waals surface area contributed by atoms with Crippen LogP contribution in [-0.4, -0.2) is 43.6 Å². The van der Waals surface area contributed by atoms with E-state index < -0.39 is 0 Å². The number of aliphatic imine (C=N–C) groups is 1. The van der Waals surface area contributed by atoms with Gasteiger partial charge in [-0.15, -0.1) is 0 Å². The highest BCUT2D eigenvalue weighted by Crippen LogP contribution is 2.15. The van der Waals surface area contributed by atoms with Crippen molar-refractivity contribution >= 4 is 5.96 Å². The second-order valence-electron chi connectivity index (χ2n) is 6.27. The number of nitrogens with one attached hydrogen (secondary N) is 2. The summed E-state index contributed by atoms with van der Waals surface area (Å²) in [5.41, 5.74) is 1.01. The number of hydrogen-bond donors (Lipinski definition) is 2. The minimum absolute atomic E-state index is 0.210. The molecule has 1 aromatic carbocycles. The van der Waals surface area contributed by atoms with E-state index in [2.05, 4.69) is 34.4 Å². The van der Waals surface area contributed by atoms with Crippen LogP contribution in [0.4, 0.5) is 4.39 Å². The smallest absolute Gasteiger partial charge is 0.191 e. The highest BCUT2D eigenvalue weighted by molar-refractivity contribution is 5.79. The zero-order chi connectivity index (χ0) is 16.5. The molecule has 0 amide bonds. The lowest BCUT2D eigenvalue weighted by Gasteiger charge is -2.30. The third-order valence-corrected chi connectivity index (χ3v) is 4.27. The van der Waals surface area contributed by atoms with Gasteiger partial charge in [0.25, 0.3) is 0 Å². The lowest BCUT2D eigenvalue weighted by Crippen LogP contribution is -2.43. The molecule has 2 rings (SSSR count). The van der Waals surface area contributed by atoms with Crippen molar-refractivity contribution in [1.29, 1.82) is 0 Å². The first kappa shape index (κ1) is 17.7. The molecule has 1 saturated heterocycles. The van der Waals surface area contributed by atoms with E-state index >= 15 is 0 Å². The largest absolute Gasteiger partial charge is 0.357 e. The molecule has 1 heterocycles. The molecule has 5 heteroatoms. The van der Waals surface area contributed by atoms with Gasteiger partial charge in [-0.25, -0.2) is 9.38 Å². The topological polar surface area (TPSA) is 39.7 Å². The standard InChI is InChI=1S/C18H29FN4/c1-3-20-18(22-14-16-4-6-17(19)7-5-16)21-10-13-23-11-8-15(2)9-12-23/h4-7,15H,3,8-14H2,1-2H3,(H2,20,21,22). The van der Waals surface area contributed by atoms with Crippen LogP contribution in [-0.2, 0) is 6.54 Å². The summed E-state index contributed by atoms with van der Waals surface area (Å²) in [5, 5.41) is 6.64. The van der Waals surface area contributed by atoms with Gasteiger partial charge in [-0.1, -0.05) is 19.1 Å². The maximum atomic E-state index is 12.9. The Bertz CT molecular complexity index is 478. The number of hydrogen-bond acceptors (Lipinski definition) is 2. The molecule has 0 unspecified atom stereocenters. The molecule has 128 valence electrons. The Kier molecular flexibility index (Phi) is 7.33. The van der Waals surface area contributed by atoms with Crippen LogP contribution in [0, 0.1) is 11.7 Å². The number of benzene rings is 1. The molecule has 0 radical (unpaired) electrons. The lowest BCUT2D eigenvalue weighted by atomic mass is 9.99. The number of likely N-dealkylation sites (tertiary alicyclic amines) is 1. The van der Waals surface area contributed by atoms with Gasteiger partial charge in [-0.05, 0) is 56.5 Å². The predicted molar refractivity (Wildman–Crippen MR) is 94.1 cm³/mol.